The van der Waals surface area contributed by atoms with E-state index in [1.54, 1.807) is 33.6 Å². The van der Waals surface area contributed by atoms with Crippen molar-refractivity contribution in [1.29, 1.82) is 0 Å². The standard InChI is InChI=1S/C15H19NO2.C3H6.C2H6O.3C2H6/c1-11(2)4-5-12-6-7-13(10-16-12)18-15-8-14(9-15)17-3;2*1-3-2;3*1-2/h6-7,10-11,14-15H,8-9H2,1-3H3;3H,1H2,2H3;1-2H3;3*1-2H3. The summed E-state index contributed by atoms with van der Waals surface area (Å²) in [4.78, 5) is 4.27. The molecule has 1 fully saturated rings. The number of hydrogen-bond acceptors (Lipinski definition) is 4. The van der Waals surface area contributed by atoms with E-state index in [0.717, 1.165) is 24.3 Å². The number of hydrogen-bond donors (Lipinski definition) is 0. The Bertz CT molecular complexity index is 495. The number of allylic oxidation sites excluding steroid dienone is 1. The van der Waals surface area contributed by atoms with Crippen LogP contribution in [0, 0.1) is 17.8 Å². The third kappa shape index (κ3) is 22.5. The molecule has 2 rings (SSSR count). The van der Waals surface area contributed by atoms with Crippen LogP contribution in [-0.4, -0.2) is 38.5 Å². The van der Waals surface area contributed by atoms with Crippen molar-refractivity contribution in [1.82, 2.24) is 4.98 Å². The Labute approximate surface area is 188 Å². The summed E-state index contributed by atoms with van der Waals surface area (Å²) in [6.45, 7) is 21.4. The van der Waals surface area contributed by atoms with Gasteiger partial charge in [-0.3, -0.25) is 0 Å². The van der Waals surface area contributed by atoms with E-state index >= 15 is 0 Å². The molecule has 0 aliphatic heterocycles. The topological polar surface area (TPSA) is 40.6 Å². The van der Waals surface area contributed by atoms with Gasteiger partial charge in [0.2, 0.25) is 0 Å². The quantitative estimate of drug-likeness (QED) is 0.381. The van der Waals surface area contributed by atoms with Crippen molar-refractivity contribution in [3.05, 3.63) is 36.7 Å². The van der Waals surface area contributed by atoms with E-state index in [0.29, 0.717) is 12.0 Å². The molecule has 1 aliphatic rings. The highest BCUT2D eigenvalue weighted by Crippen LogP contribution is 2.27. The van der Waals surface area contributed by atoms with E-state index in [2.05, 4.69) is 42.0 Å². The molecule has 30 heavy (non-hydrogen) atoms. The van der Waals surface area contributed by atoms with Gasteiger partial charge in [-0.25, -0.2) is 4.98 Å². The Kier molecular flexibility index (Phi) is 34.9. The smallest absolute Gasteiger partial charge is 0.138 e. The minimum atomic E-state index is 0.268. The SMILES string of the molecule is C=CC.CC.CC.CC.COC.COC1CC(Oc2ccc(C#CC(C)C)nc2)C1. The summed E-state index contributed by atoms with van der Waals surface area (Å²) in [5.74, 6) is 7.29. The lowest BCUT2D eigenvalue weighted by Gasteiger charge is -2.33. The molecule has 0 unspecified atom stereocenters. The van der Waals surface area contributed by atoms with Crippen molar-refractivity contribution >= 4 is 0 Å². The molecule has 0 saturated heterocycles. The summed E-state index contributed by atoms with van der Waals surface area (Å²) in [5, 5.41) is 0. The second kappa shape index (κ2) is 29.4. The van der Waals surface area contributed by atoms with E-state index in [-0.39, 0.29) is 6.10 Å². The summed E-state index contributed by atoms with van der Waals surface area (Å²) in [6, 6.07) is 3.83. The van der Waals surface area contributed by atoms with Crippen molar-refractivity contribution in [2.75, 3.05) is 21.3 Å². The highest BCUT2D eigenvalue weighted by Gasteiger charge is 2.30. The number of pyridine rings is 1. The third-order valence-electron chi connectivity index (χ3n) is 2.91. The van der Waals surface area contributed by atoms with Gasteiger partial charge in [-0.05, 0) is 25.0 Å². The fourth-order valence-electron chi connectivity index (χ4n) is 1.74. The largest absolute Gasteiger partial charge is 0.489 e. The van der Waals surface area contributed by atoms with Crippen LogP contribution in [-0.2, 0) is 9.47 Å². The van der Waals surface area contributed by atoms with Crippen LogP contribution in [0.3, 0.4) is 0 Å². The molecule has 1 aromatic heterocycles. The summed E-state index contributed by atoms with van der Waals surface area (Å²) >= 11 is 0. The average Bonchev–Trinajstić information content (AvgIpc) is 2.75. The van der Waals surface area contributed by atoms with Crippen LogP contribution < -0.4 is 4.74 Å². The molecule has 0 aromatic carbocycles. The first-order valence-corrected chi connectivity index (χ1v) is 11.1. The van der Waals surface area contributed by atoms with Gasteiger partial charge >= 0.3 is 0 Å². The van der Waals surface area contributed by atoms with Crippen molar-refractivity contribution in [3.63, 3.8) is 0 Å². The molecule has 0 bridgehead atoms. The Morgan fingerprint density at radius 3 is 1.80 bits per heavy atom. The molecule has 176 valence electrons. The zero-order valence-electron chi connectivity index (χ0n) is 21.8. The predicted molar refractivity (Wildman–Crippen MR) is 133 cm³/mol. The molecule has 1 heterocycles. The van der Waals surface area contributed by atoms with E-state index in [1.807, 2.05) is 60.6 Å². The number of rotatable bonds is 3. The van der Waals surface area contributed by atoms with Gasteiger partial charge in [0.25, 0.3) is 0 Å². The lowest BCUT2D eigenvalue weighted by atomic mass is 9.92. The molecule has 0 amide bonds. The lowest BCUT2D eigenvalue weighted by molar-refractivity contribution is -0.0382. The summed E-state index contributed by atoms with van der Waals surface area (Å²) in [5.41, 5.74) is 0.791. The van der Waals surface area contributed by atoms with Crippen LogP contribution in [0.4, 0.5) is 0 Å². The average molecular weight is 424 g/mol. The van der Waals surface area contributed by atoms with Gasteiger partial charge in [-0.15, -0.1) is 6.58 Å². The highest BCUT2D eigenvalue weighted by atomic mass is 16.5. The van der Waals surface area contributed by atoms with Crippen molar-refractivity contribution in [2.24, 2.45) is 5.92 Å². The molecule has 4 nitrogen and oxygen atoms in total. The molecule has 0 atom stereocenters. The number of ether oxygens (including phenoxy) is 3. The van der Waals surface area contributed by atoms with Gasteiger partial charge in [-0.1, -0.05) is 67.4 Å². The van der Waals surface area contributed by atoms with Gasteiger partial charge in [0.15, 0.2) is 0 Å². The Morgan fingerprint density at radius 1 is 1.00 bits per heavy atom. The Hall–Kier alpha value is -1.83. The first kappa shape index (κ1) is 35.6. The van der Waals surface area contributed by atoms with Crippen molar-refractivity contribution < 1.29 is 14.2 Å². The monoisotopic (exact) mass is 423 g/mol. The maximum atomic E-state index is 5.77. The zero-order chi connectivity index (χ0) is 24.4. The first-order chi connectivity index (χ1) is 14.5. The molecular formula is C26H49NO3. The molecular weight excluding hydrogens is 374 g/mol. The Morgan fingerprint density at radius 2 is 1.47 bits per heavy atom. The predicted octanol–water partition coefficient (Wildman–Crippen LogP) is 7.18. The number of aromatic nitrogens is 1. The minimum Gasteiger partial charge on any atom is -0.489 e. The second-order valence-corrected chi connectivity index (χ2v) is 5.69. The molecule has 4 heteroatoms. The number of methoxy groups -OCH3 is 2. The number of nitrogens with zero attached hydrogens (tertiary/aromatic N) is 1. The van der Waals surface area contributed by atoms with Gasteiger partial charge < -0.3 is 14.2 Å². The van der Waals surface area contributed by atoms with Crippen LogP contribution in [0.5, 0.6) is 5.75 Å². The van der Waals surface area contributed by atoms with Crippen molar-refractivity contribution in [3.8, 4) is 17.6 Å². The summed E-state index contributed by atoms with van der Waals surface area (Å²) in [6.07, 6.45) is 6.05. The van der Waals surface area contributed by atoms with Crippen LogP contribution in [0.1, 0.15) is 80.8 Å². The molecule has 0 radical (unpaired) electrons. The lowest BCUT2D eigenvalue weighted by Crippen LogP contribution is -2.38. The molecule has 0 N–H and O–H groups in total. The maximum absolute atomic E-state index is 5.77. The first-order valence-electron chi connectivity index (χ1n) is 11.1. The fourth-order valence-corrected chi connectivity index (χ4v) is 1.74. The van der Waals surface area contributed by atoms with Gasteiger partial charge in [0.1, 0.15) is 17.5 Å². The van der Waals surface area contributed by atoms with Gasteiger partial charge in [-0.2, -0.15) is 0 Å². The Balaban J connectivity index is -0.000000239. The van der Waals surface area contributed by atoms with E-state index < -0.39 is 0 Å². The summed E-state index contributed by atoms with van der Waals surface area (Å²) in [7, 11) is 4.99. The van der Waals surface area contributed by atoms with E-state index in [1.165, 1.54) is 0 Å². The molecule has 1 aliphatic carbocycles. The van der Waals surface area contributed by atoms with E-state index in [4.69, 9.17) is 9.47 Å². The molecule has 0 spiro atoms. The normalized spacial score (nSPS) is 14.8. The van der Waals surface area contributed by atoms with Crippen LogP contribution in [0.2, 0.25) is 0 Å². The van der Waals surface area contributed by atoms with Crippen LogP contribution in [0.25, 0.3) is 0 Å². The fraction of sp³-hybridized carbons (Fsp3) is 0.654. The van der Waals surface area contributed by atoms with E-state index in [9.17, 15) is 0 Å². The van der Waals surface area contributed by atoms with Gasteiger partial charge in [0, 0.05) is 40.1 Å². The second-order valence-electron chi connectivity index (χ2n) is 5.69. The van der Waals surface area contributed by atoms with Gasteiger partial charge in [0.05, 0.1) is 12.3 Å². The third-order valence-corrected chi connectivity index (χ3v) is 2.91. The van der Waals surface area contributed by atoms with Crippen LogP contribution in [0.15, 0.2) is 31.0 Å². The van der Waals surface area contributed by atoms with Crippen LogP contribution >= 0.6 is 0 Å². The zero-order valence-corrected chi connectivity index (χ0v) is 21.8. The molecule has 1 aromatic rings. The summed E-state index contributed by atoms with van der Waals surface area (Å²) < 4.78 is 15.2. The maximum Gasteiger partial charge on any atom is 0.138 e. The van der Waals surface area contributed by atoms with Crippen molar-refractivity contribution in [2.45, 2.75) is 87.4 Å². The molecule has 1 saturated carbocycles. The minimum absolute atomic E-state index is 0.268. The highest BCUT2D eigenvalue weighted by molar-refractivity contribution is 5.31.